The normalized spacial score (nSPS) is 37.8. The molecular formula is C43H51NO15. The van der Waals surface area contributed by atoms with E-state index in [2.05, 4.69) is 0 Å². The summed E-state index contributed by atoms with van der Waals surface area (Å²) in [6.07, 6.45) is -5.80. The van der Waals surface area contributed by atoms with Crippen molar-refractivity contribution in [1.29, 1.82) is 0 Å². The van der Waals surface area contributed by atoms with E-state index in [1.165, 1.54) is 31.2 Å². The third-order valence-electron chi connectivity index (χ3n) is 13.0. The van der Waals surface area contributed by atoms with Gasteiger partial charge in [-0.05, 0) is 72.3 Å². The molecule has 4 saturated heterocycles. The number of ether oxygens (including phenoxy) is 7. The number of methoxy groups -OCH3 is 1. The van der Waals surface area contributed by atoms with Crippen molar-refractivity contribution in [3.05, 3.63) is 57.6 Å². The molecular weight excluding hydrogens is 770 g/mol. The molecule has 0 saturated carbocycles. The van der Waals surface area contributed by atoms with Crippen molar-refractivity contribution in [1.82, 2.24) is 4.90 Å². The maximum absolute atomic E-state index is 14.1. The lowest BCUT2D eigenvalue weighted by Gasteiger charge is -2.52. The van der Waals surface area contributed by atoms with Crippen LogP contribution in [0.3, 0.4) is 0 Å². The van der Waals surface area contributed by atoms with Gasteiger partial charge in [0.25, 0.3) is 0 Å². The number of phenols is 2. The first-order valence-electron chi connectivity index (χ1n) is 20.1. The van der Waals surface area contributed by atoms with Crippen molar-refractivity contribution in [3.63, 3.8) is 0 Å². The van der Waals surface area contributed by atoms with Crippen LogP contribution in [0.4, 0.5) is 0 Å². The average molecular weight is 822 g/mol. The summed E-state index contributed by atoms with van der Waals surface area (Å²) in [7, 11) is 4.90. The van der Waals surface area contributed by atoms with Gasteiger partial charge in [-0.15, -0.1) is 0 Å². The fraction of sp³-hybridized carbons (Fsp3) is 0.605. The summed E-state index contributed by atoms with van der Waals surface area (Å²) in [6, 6.07) is 5.03. The summed E-state index contributed by atoms with van der Waals surface area (Å²) in [5, 5.41) is 35.3. The maximum Gasteiger partial charge on any atom is 0.316 e. The van der Waals surface area contributed by atoms with Crippen molar-refractivity contribution in [2.24, 2.45) is 0 Å². The second-order valence-electron chi connectivity index (χ2n) is 17.1. The standard InChI is InChI=1S/C43H51NO15/c1-17(45)15-43(52)16-24(32-22(35(43)41(51)53-7)11-23-34(38(32)50)36(48)21-9-8-10-26(46)33(21)37(23)49)28-12-25(44(5)6)39(19(3)54-28)58-31-14-29-40(20(4)55-31)59-42-30(57-29)13-27(47)18(2)56-42/h8-11,18-20,24-25,28-31,35,39-40,42,46,50,52H,12-16H2,1-7H3/t18-,19-,20-,24?,25-,28+,29-,30-,31-,35-,39+,40+,42-,43+/m0/s1. The first kappa shape index (κ1) is 41.6. The van der Waals surface area contributed by atoms with Gasteiger partial charge in [0.05, 0.1) is 48.3 Å². The molecule has 16 heteroatoms. The van der Waals surface area contributed by atoms with Crippen molar-refractivity contribution in [3.8, 4) is 11.5 Å². The van der Waals surface area contributed by atoms with E-state index in [9.17, 15) is 39.3 Å². The number of hydrogen-bond donors (Lipinski definition) is 3. The Morgan fingerprint density at radius 3 is 2.32 bits per heavy atom. The van der Waals surface area contributed by atoms with E-state index in [4.69, 9.17) is 33.2 Å². The van der Waals surface area contributed by atoms with Crippen molar-refractivity contribution in [2.75, 3.05) is 21.2 Å². The van der Waals surface area contributed by atoms with Gasteiger partial charge in [0.15, 0.2) is 29.9 Å². The van der Waals surface area contributed by atoms with Crippen LogP contribution in [-0.2, 0) is 47.5 Å². The highest BCUT2D eigenvalue weighted by atomic mass is 16.8. The number of carbonyl (C=O) groups excluding carboxylic acids is 5. The molecule has 4 heterocycles. The number of benzene rings is 2. The number of carbonyl (C=O) groups is 5. The molecule has 3 N–H and O–H groups in total. The van der Waals surface area contributed by atoms with E-state index in [-0.39, 0.29) is 64.5 Å². The molecule has 0 spiro atoms. The number of likely N-dealkylation sites (N-methyl/N-ethyl adjacent to an activating group) is 1. The van der Waals surface area contributed by atoms with Crippen molar-refractivity contribution >= 4 is 29.1 Å². The summed E-state index contributed by atoms with van der Waals surface area (Å²) in [5.74, 6) is -6.27. The van der Waals surface area contributed by atoms with Gasteiger partial charge in [0.1, 0.15) is 47.6 Å². The third kappa shape index (κ3) is 7.00. The van der Waals surface area contributed by atoms with Crippen molar-refractivity contribution < 1.29 is 72.5 Å². The summed E-state index contributed by atoms with van der Waals surface area (Å²) in [4.78, 5) is 68.9. The van der Waals surface area contributed by atoms with Crippen LogP contribution in [0.25, 0.3) is 0 Å². The third-order valence-corrected chi connectivity index (χ3v) is 13.0. The predicted molar refractivity (Wildman–Crippen MR) is 203 cm³/mol. The Morgan fingerprint density at radius 2 is 1.63 bits per heavy atom. The monoisotopic (exact) mass is 821 g/mol. The zero-order valence-electron chi connectivity index (χ0n) is 34.0. The number of Topliss-reactive ketones (excluding diaryl/α,β-unsaturated/α-hetero) is 2. The number of hydrogen-bond acceptors (Lipinski definition) is 16. The molecule has 0 amide bonds. The highest BCUT2D eigenvalue weighted by Gasteiger charge is 2.57. The molecule has 59 heavy (non-hydrogen) atoms. The Labute approximate surface area is 341 Å². The number of fused-ring (bicyclic) bond motifs is 5. The molecule has 2 aromatic rings. The highest BCUT2D eigenvalue weighted by molar-refractivity contribution is 6.30. The molecule has 0 aromatic heterocycles. The van der Waals surface area contributed by atoms with Crippen LogP contribution in [0.2, 0.25) is 0 Å². The summed E-state index contributed by atoms with van der Waals surface area (Å²) >= 11 is 0. The van der Waals surface area contributed by atoms with Gasteiger partial charge < -0.3 is 53.4 Å². The second-order valence-corrected chi connectivity index (χ2v) is 17.1. The minimum absolute atomic E-state index is 0.0137. The van der Waals surface area contributed by atoms with Crippen LogP contribution in [-0.4, -0.2) is 144 Å². The zero-order chi connectivity index (χ0) is 42.4. The molecule has 2 aromatic carbocycles. The molecule has 16 nitrogen and oxygen atoms in total. The largest absolute Gasteiger partial charge is 0.507 e. The van der Waals surface area contributed by atoms with Gasteiger partial charge >= 0.3 is 5.97 Å². The fourth-order valence-electron chi connectivity index (χ4n) is 10.3. The zero-order valence-corrected chi connectivity index (χ0v) is 34.0. The lowest BCUT2D eigenvalue weighted by molar-refractivity contribution is -0.369. The number of phenolic OH excluding ortho intramolecular Hbond substituents is 2. The van der Waals surface area contributed by atoms with Gasteiger partial charge in [0, 0.05) is 47.9 Å². The van der Waals surface area contributed by atoms with Gasteiger partial charge in [0.2, 0.25) is 0 Å². The SMILES string of the molecule is COC(=O)[C@@H]1c2cc3c(c(O)c2C([C@H]2C[C@H](N(C)C)[C@H](O[C@H]4C[C@@H]5O[C@H]6CC(=O)[C@H](C)O[C@H]6O[C@@H]5[C@H](C)O4)[C@H](C)O2)C[C@]1(O)CC(C)=O)C(=O)c1cccc(O)c1C3=O. The minimum Gasteiger partial charge on any atom is -0.507 e. The van der Waals surface area contributed by atoms with E-state index in [1.54, 1.807) is 6.92 Å². The van der Waals surface area contributed by atoms with Gasteiger partial charge in [-0.3, -0.25) is 24.0 Å². The van der Waals surface area contributed by atoms with Crippen LogP contribution in [0.1, 0.15) is 115 Å². The minimum atomic E-state index is -2.05. The molecule has 1 unspecified atom stereocenters. The number of aliphatic hydroxyl groups is 1. The molecule has 0 radical (unpaired) electrons. The number of nitrogens with zero attached hydrogens (tertiary/aromatic N) is 1. The number of ketones is 4. The predicted octanol–water partition coefficient (Wildman–Crippen LogP) is 2.81. The lowest BCUT2D eigenvalue weighted by atomic mass is 9.62. The molecule has 318 valence electrons. The highest BCUT2D eigenvalue weighted by Crippen LogP contribution is 2.55. The first-order valence-corrected chi connectivity index (χ1v) is 20.1. The van der Waals surface area contributed by atoms with Gasteiger partial charge in [-0.1, -0.05) is 12.1 Å². The quantitative estimate of drug-likeness (QED) is 0.292. The molecule has 6 aliphatic rings. The van der Waals surface area contributed by atoms with Gasteiger partial charge in [-0.25, -0.2) is 0 Å². The van der Waals surface area contributed by atoms with E-state index >= 15 is 0 Å². The lowest BCUT2D eigenvalue weighted by Crippen LogP contribution is -2.62. The van der Waals surface area contributed by atoms with Crippen LogP contribution in [0.15, 0.2) is 24.3 Å². The number of rotatable bonds is 7. The summed E-state index contributed by atoms with van der Waals surface area (Å²) < 4.78 is 43.4. The molecule has 4 aliphatic heterocycles. The fourth-order valence-corrected chi connectivity index (χ4v) is 10.3. The second kappa shape index (κ2) is 15.4. The molecule has 0 bridgehead atoms. The molecule has 14 atom stereocenters. The van der Waals surface area contributed by atoms with E-state index < -0.39 is 120 Å². The van der Waals surface area contributed by atoms with E-state index in [0.717, 1.165) is 7.11 Å². The van der Waals surface area contributed by atoms with Crippen LogP contribution >= 0.6 is 0 Å². The van der Waals surface area contributed by atoms with Crippen LogP contribution in [0.5, 0.6) is 11.5 Å². The molecule has 4 fully saturated rings. The van der Waals surface area contributed by atoms with E-state index in [1.807, 2.05) is 32.8 Å². The van der Waals surface area contributed by atoms with Gasteiger partial charge in [-0.2, -0.15) is 0 Å². The first-order chi connectivity index (χ1) is 27.9. The summed E-state index contributed by atoms with van der Waals surface area (Å²) in [5.41, 5.74) is -2.82. The Morgan fingerprint density at radius 1 is 0.898 bits per heavy atom. The molecule has 2 aliphatic carbocycles. The Balaban J connectivity index is 1.13. The van der Waals surface area contributed by atoms with Crippen LogP contribution < -0.4 is 0 Å². The average Bonchev–Trinajstić information content (AvgIpc) is 3.16. The van der Waals surface area contributed by atoms with Crippen molar-refractivity contribution in [2.45, 2.75) is 145 Å². The smallest absolute Gasteiger partial charge is 0.316 e. The Hall–Kier alpha value is -4.13. The van der Waals surface area contributed by atoms with Crippen LogP contribution in [0, 0.1) is 0 Å². The Bertz CT molecular complexity index is 2080. The van der Waals surface area contributed by atoms with E-state index in [0.29, 0.717) is 6.42 Å². The molecule has 8 rings (SSSR count). The topological polar surface area (TPSA) is 214 Å². The maximum atomic E-state index is 14.1. The Kier molecular flexibility index (Phi) is 10.9. The summed E-state index contributed by atoms with van der Waals surface area (Å²) in [6.45, 7) is 6.68. The number of esters is 1. The number of aromatic hydroxyl groups is 2.